The molecule has 1 aliphatic rings. The monoisotopic (exact) mass is 321 g/mol. The Bertz CT molecular complexity index is 758. The summed E-state index contributed by atoms with van der Waals surface area (Å²) in [4.78, 5) is 26.7. The van der Waals surface area contributed by atoms with Crippen molar-refractivity contribution in [2.24, 2.45) is 5.10 Å². The van der Waals surface area contributed by atoms with Crippen molar-refractivity contribution < 1.29 is 9.59 Å². The number of nitrogens with zero attached hydrogens (tertiary/aromatic N) is 3. The van der Waals surface area contributed by atoms with Crippen LogP contribution in [0.1, 0.15) is 40.1 Å². The maximum atomic E-state index is 12.2. The molecule has 0 saturated heterocycles. The van der Waals surface area contributed by atoms with E-state index in [4.69, 9.17) is 0 Å². The molecule has 0 bridgehead atoms. The van der Waals surface area contributed by atoms with Gasteiger partial charge in [0.1, 0.15) is 0 Å². The predicted octanol–water partition coefficient (Wildman–Crippen LogP) is 3.16. The number of hydrogen-bond acceptors (Lipinski definition) is 4. The first kappa shape index (κ1) is 15.9. The molecule has 0 atom stereocenters. The molecule has 0 fully saturated rings. The van der Waals surface area contributed by atoms with Crippen LogP contribution in [0.15, 0.2) is 53.6 Å². The molecular weight excluding hydrogens is 302 g/mol. The highest BCUT2D eigenvalue weighted by Gasteiger charge is 2.35. The third-order valence-electron chi connectivity index (χ3n) is 4.12. The van der Waals surface area contributed by atoms with Crippen molar-refractivity contribution in [1.29, 1.82) is 0 Å². The summed E-state index contributed by atoms with van der Waals surface area (Å²) in [6.07, 6.45) is 1.54. The molecule has 0 saturated carbocycles. The van der Waals surface area contributed by atoms with Gasteiger partial charge in [-0.3, -0.25) is 9.59 Å². The van der Waals surface area contributed by atoms with E-state index in [1.54, 1.807) is 24.3 Å². The van der Waals surface area contributed by atoms with E-state index in [1.165, 1.54) is 6.21 Å². The van der Waals surface area contributed by atoms with Gasteiger partial charge in [-0.1, -0.05) is 24.3 Å². The van der Waals surface area contributed by atoms with Crippen molar-refractivity contribution >= 4 is 23.7 Å². The van der Waals surface area contributed by atoms with Crippen LogP contribution in [0.25, 0.3) is 0 Å². The van der Waals surface area contributed by atoms with Crippen molar-refractivity contribution in [3.63, 3.8) is 0 Å². The number of carbonyl (C=O) groups excluding carboxylic acids is 2. The Kier molecular flexibility index (Phi) is 4.42. The molecule has 2 aromatic carbocycles. The minimum atomic E-state index is -0.383. The third-order valence-corrected chi connectivity index (χ3v) is 4.12. The lowest BCUT2D eigenvalue weighted by molar-refractivity contribution is 0.0660. The fourth-order valence-corrected chi connectivity index (χ4v) is 2.77. The summed E-state index contributed by atoms with van der Waals surface area (Å²) >= 11 is 0. The van der Waals surface area contributed by atoms with E-state index in [1.807, 2.05) is 24.3 Å². The van der Waals surface area contributed by atoms with Gasteiger partial charge in [0.2, 0.25) is 0 Å². The number of hydrogen-bond donors (Lipinski definition) is 0. The van der Waals surface area contributed by atoms with E-state index in [2.05, 4.69) is 23.8 Å². The first-order chi connectivity index (χ1) is 11.7. The molecular formula is C19H19N3O2. The summed E-state index contributed by atoms with van der Waals surface area (Å²) in [5.74, 6) is -0.766. The van der Waals surface area contributed by atoms with Gasteiger partial charge < -0.3 is 4.90 Å². The Morgan fingerprint density at radius 2 is 1.46 bits per heavy atom. The normalized spacial score (nSPS) is 13.7. The van der Waals surface area contributed by atoms with Crippen LogP contribution in [0.5, 0.6) is 0 Å². The van der Waals surface area contributed by atoms with Crippen molar-refractivity contribution in [2.75, 3.05) is 18.0 Å². The lowest BCUT2D eigenvalue weighted by Gasteiger charge is -2.20. The van der Waals surface area contributed by atoms with Crippen molar-refractivity contribution in [3.8, 4) is 0 Å². The zero-order chi connectivity index (χ0) is 17.1. The molecule has 1 aliphatic heterocycles. The summed E-state index contributed by atoms with van der Waals surface area (Å²) in [6.45, 7) is 6.11. The van der Waals surface area contributed by atoms with Crippen molar-refractivity contribution in [3.05, 3.63) is 65.2 Å². The van der Waals surface area contributed by atoms with E-state index < -0.39 is 0 Å². The highest BCUT2D eigenvalue weighted by molar-refractivity contribution is 6.21. The van der Waals surface area contributed by atoms with Gasteiger partial charge in [-0.25, -0.2) is 0 Å². The molecule has 122 valence electrons. The molecule has 3 rings (SSSR count). The maximum absolute atomic E-state index is 12.2. The molecule has 0 aromatic heterocycles. The van der Waals surface area contributed by atoms with Crippen LogP contribution < -0.4 is 4.90 Å². The first-order valence-electron chi connectivity index (χ1n) is 8.02. The van der Waals surface area contributed by atoms with Gasteiger partial charge in [0.25, 0.3) is 11.8 Å². The van der Waals surface area contributed by atoms with Crippen molar-refractivity contribution in [1.82, 2.24) is 5.01 Å². The number of carbonyl (C=O) groups is 2. The second kappa shape index (κ2) is 6.66. The molecule has 0 unspecified atom stereocenters. The number of benzene rings is 2. The smallest absolute Gasteiger partial charge is 0.282 e. The molecule has 0 radical (unpaired) electrons. The highest BCUT2D eigenvalue weighted by Crippen LogP contribution is 2.22. The Morgan fingerprint density at radius 1 is 0.917 bits per heavy atom. The number of amides is 2. The van der Waals surface area contributed by atoms with Gasteiger partial charge in [0.05, 0.1) is 17.3 Å². The standard InChI is InChI=1S/C19H19N3O2/c1-3-21(4-2)15-11-9-14(10-12-15)13-20-22-18(23)16-7-5-6-8-17(16)19(22)24/h5-13H,3-4H2,1-2H3/b20-13-. The lowest BCUT2D eigenvalue weighted by atomic mass is 10.1. The van der Waals surface area contributed by atoms with E-state index >= 15 is 0 Å². The second-order valence-electron chi connectivity index (χ2n) is 5.48. The first-order valence-corrected chi connectivity index (χ1v) is 8.02. The molecule has 1 heterocycles. The number of rotatable bonds is 5. The molecule has 2 amide bonds. The molecule has 5 heteroatoms. The van der Waals surface area contributed by atoms with Crippen LogP contribution >= 0.6 is 0 Å². The molecule has 0 N–H and O–H groups in total. The van der Waals surface area contributed by atoms with E-state index in [-0.39, 0.29) is 11.8 Å². The van der Waals surface area contributed by atoms with Gasteiger partial charge in [0.15, 0.2) is 0 Å². The van der Waals surface area contributed by atoms with E-state index in [0.29, 0.717) is 11.1 Å². The summed E-state index contributed by atoms with van der Waals surface area (Å²) < 4.78 is 0. The largest absolute Gasteiger partial charge is 0.372 e. The van der Waals surface area contributed by atoms with Crippen LogP contribution in [0.4, 0.5) is 5.69 Å². The second-order valence-corrected chi connectivity index (χ2v) is 5.48. The Labute approximate surface area is 141 Å². The summed E-state index contributed by atoms with van der Waals surface area (Å²) in [5, 5.41) is 5.00. The Morgan fingerprint density at radius 3 is 1.96 bits per heavy atom. The predicted molar refractivity (Wildman–Crippen MR) is 94.5 cm³/mol. The fourth-order valence-electron chi connectivity index (χ4n) is 2.77. The summed E-state index contributed by atoms with van der Waals surface area (Å²) in [6, 6.07) is 14.6. The zero-order valence-electron chi connectivity index (χ0n) is 13.8. The van der Waals surface area contributed by atoms with Crippen LogP contribution in [0.2, 0.25) is 0 Å². The summed E-state index contributed by atoms with van der Waals surface area (Å²) in [5.41, 5.74) is 2.77. The van der Waals surface area contributed by atoms with Crippen LogP contribution in [0.3, 0.4) is 0 Å². The summed E-state index contributed by atoms with van der Waals surface area (Å²) in [7, 11) is 0. The molecule has 0 spiro atoms. The topological polar surface area (TPSA) is 53.0 Å². The quantitative estimate of drug-likeness (QED) is 0.628. The zero-order valence-corrected chi connectivity index (χ0v) is 13.8. The number of fused-ring (bicyclic) bond motifs is 1. The minimum absolute atomic E-state index is 0.383. The van der Waals surface area contributed by atoms with Gasteiger partial charge in [-0.05, 0) is 43.7 Å². The van der Waals surface area contributed by atoms with Crippen molar-refractivity contribution in [2.45, 2.75) is 13.8 Å². The number of imide groups is 1. The van der Waals surface area contributed by atoms with Crippen LogP contribution in [-0.2, 0) is 0 Å². The fraction of sp³-hybridized carbons (Fsp3) is 0.211. The van der Waals surface area contributed by atoms with E-state index in [9.17, 15) is 9.59 Å². The van der Waals surface area contributed by atoms with E-state index in [0.717, 1.165) is 29.3 Å². The Balaban J connectivity index is 1.77. The highest BCUT2D eigenvalue weighted by atomic mass is 16.2. The average Bonchev–Trinajstić information content (AvgIpc) is 2.87. The lowest BCUT2D eigenvalue weighted by Crippen LogP contribution is -2.24. The average molecular weight is 321 g/mol. The van der Waals surface area contributed by atoms with Gasteiger partial charge in [-0.2, -0.15) is 10.1 Å². The Hall–Kier alpha value is -2.95. The number of anilines is 1. The molecule has 5 nitrogen and oxygen atoms in total. The van der Waals surface area contributed by atoms with Gasteiger partial charge in [-0.15, -0.1) is 0 Å². The SMILES string of the molecule is CCN(CC)c1ccc(/C=N\N2C(=O)c3ccccc3C2=O)cc1. The number of hydrazone groups is 1. The molecule has 24 heavy (non-hydrogen) atoms. The molecule has 0 aliphatic carbocycles. The molecule has 2 aromatic rings. The maximum Gasteiger partial charge on any atom is 0.282 e. The van der Waals surface area contributed by atoms with Gasteiger partial charge >= 0.3 is 0 Å². The van der Waals surface area contributed by atoms with Crippen LogP contribution in [-0.4, -0.2) is 36.1 Å². The third kappa shape index (κ3) is 2.80. The minimum Gasteiger partial charge on any atom is -0.372 e. The van der Waals surface area contributed by atoms with Crippen LogP contribution in [0, 0.1) is 0 Å². The van der Waals surface area contributed by atoms with Gasteiger partial charge in [0, 0.05) is 18.8 Å².